The molecule has 0 aliphatic carbocycles. The molecule has 0 atom stereocenters. The molecule has 0 aliphatic rings. The standard InChI is InChI=1S/C16H19Cl2NO2/c1-16(2,3)19-9-11-4-5-20-15(11)10-21-14-7-12(17)6-13(18)8-14/h4-8,19H,9-10H2,1-3H3. The van der Waals surface area contributed by atoms with Crippen LogP contribution in [0.2, 0.25) is 10.0 Å². The number of hydrogen-bond donors (Lipinski definition) is 1. The van der Waals surface area contributed by atoms with Crippen molar-refractivity contribution in [1.29, 1.82) is 0 Å². The molecule has 0 aliphatic heterocycles. The van der Waals surface area contributed by atoms with E-state index in [1.807, 2.05) is 6.07 Å². The summed E-state index contributed by atoms with van der Waals surface area (Å²) in [6.07, 6.45) is 1.67. The van der Waals surface area contributed by atoms with E-state index in [2.05, 4.69) is 26.1 Å². The van der Waals surface area contributed by atoms with Crippen molar-refractivity contribution >= 4 is 23.2 Å². The van der Waals surface area contributed by atoms with Gasteiger partial charge in [0.15, 0.2) is 0 Å². The minimum atomic E-state index is 0.0515. The van der Waals surface area contributed by atoms with Crippen LogP contribution >= 0.6 is 23.2 Å². The maximum absolute atomic E-state index is 5.94. The molecule has 1 heterocycles. The predicted octanol–water partition coefficient (Wildman–Crippen LogP) is 5.05. The number of nitrogens with one attached hydrogen (secondary N) is 1. The van der Waals surface area contributed by atoms with Crippen molar-refractivity contribution in [3.8, 4) is 5.75 Å². The SMILES string of the molecule is CC(C)(C)NCc1ccoc1COc1cc(Cl)cc(Cl)c1. The summed E-state index contributed by atoms with van der Waals surface area (Å²) in [6.45, 7) is 7.44. The molecule has 0 saturated heterocycles. The summed E-state index contributed by atoms with van der Waals surface area (Å²) >= 11 is 11.9. The van der Waals surface area contributed by atoms with Crippen LogP contribution in [0.25, 0.3) is 0 Å². The first-order valence-corrected chi connectivity index (χ1v) is 7.48. The fourth-order valence-corrected chi connectivity index (χ4v) is 2.28. The molecule has 114 valence electrons. The average molecular weight is 328 g/mol. The zero-order chi connectivity index (χ0) is 15.5. The van der Waals surface area contributed by atoms with Crippen LogP contribution in [-0.4, -0.2) is 5.54 Å². The number of rotatable bonds is 5. The lowest BCUT2D eigenvalue weighted by Gasteiger charge is -2.20. The van der Waals surface area contributed by atoms with Gasteiger partial charge in [-0.1, -0.05) is 23.2 Å². The van der Waals surface area contributed by atoms with E-state index in [1.54, 1.807) is 24.5 Å². The minimum absolute atomic E-state index is 0.0515. The van der Waals surface area contributed by atoms with Gasteiger partial charge in [0.2, 0.25) is 0 Å². The molecule has 0 radical (unpaired) electrons. The van der Waals surface area contributed by atoms with Crippen LogP contribution in [0, 0.1) is 0 Å². The van der Waals surface area contributed by atoms with Gasteiger partial charge in [0, 0.05) is 27.7 Å². The van der Waals surface area contributed by atoms with Crippen molar-refractivity contribution in [2.45, 2.75) is 39.5 Å². The van der Waals surface area contributed by atoms with Crippen LogP contribution in [0.15, 0.2) is 34.9 Å². The molecule has 0 amide bonds. The summed E-state index contributed by atoms with van der Waals surface area (Å²) in [7, 11) is 0. The van der Waals surface area contributed by atoms with E-state index in [0.717, 1.165) is 17.9 Å². The smallest absolute Gasteiger partial charge is 0.146 e. The van der Waals surface area contributed by atoms with Crippen molar-refractivity contribution in [3.63, 3.8) is 0 Å². The molecule has 3 nitrogen and oxygen atoms in total. The molecule has 0 bridgehead atoms. The number of furan rings is 1. The van der Waals surface area contributed by atoms with Crippen molar-refractivity contribution in [2.24, 2.45) is 0 Å². The summed E-state index contributed by atoms with van der Waals surface area (Å²) in [5, 5.41) is 4.52. The van der Waals surface area contributed by atoms with Gasteiger partial charge in [0.25, 0.3) is 0 Å². The van der Waals surface area contributed by atoms with Crippen LogP contribution in [0.5, 0.6) is 5.75 Å². The van der Waals surface area contributed by atoms with Crippen LogP contribution < -0.4 is 10.1 Å². The van der Waals surface area contributed by atoms with E-state index < -0.39 is 0 Å². The van der Waals surface area contributed by atoms with Crippen molar-refractivity contribution in [1.82, 2.24) is 5.32 Å². The monoisotopic (exact) mass is 327 g/mol. The van der Waals surface area contributed by atoms with Crippen molar-refractivity contribution in [2.75, 3.05) is 0 Å². The minimum Gasteiger partial charge on any atom is -0.486 e. The zero-order valence-electron chi connectivity index (χ0n) is 12.4. The maximum atomic E-state index is 5.94. The average Bonchev–Trinajstić information content (AvgIpc) is 2.79. The van der Waals surface area contributed by atoms with Gasteiger partial charge < -0.3 is 14.5 Å². The second-order valence-electron chi connectivity index (χ2n) is 5.87. The third kappa shape index (κ3) is 5.27. The highest BCUT2D eigenvalue weighted by Gasteiger charge is 2.12. The second kappa shape index (κ2) is 6.73. The normalized spacial score (nSPS) is 11.7. The highest BCUT2D eigenvalue weighted by molar-refractivity contribution is 6.34. The highest BCUT2D eigenvalue weighted by atomic mass is 35.5. The highest BCUT2D eigenvalue weighted by Crippen LogP contribution is 2.25. The largest absolute Gasteiger partial charge is 0.486 e. The predicted molar refractivity (Wildman–Crippen MR) is 86.1 cm³/mol. The molecule has 1 N–H and O–H groups in total. The van der Waals surface area contributed by atoms with E-state index in [4.69, 9.17) is 32.4 Å². The first-order valence-electron chi connectivity index (χ1n) is 6.73. The third-order valence-corrected chi connectivity index (χ3v) is 3.29. The lowest BCUT2D eigenvalue weighted by molar-refractivity contribution is 0.267. The van der Waals surface area contributed by atoms with Crippen molar-refractivity contribution in [3.05, 3.63) is 51.9 Å². The topological polar surface area (TPSA) is 34.4 Å². The Morgan fingerprint density at radius 3 is 2.43 bits per heavy atom. The van der Waals surface area contributed by atoms with Crippen LogP contribution in [0.1, 0.15) is 32.1 Å². The van der Waals surface area contributed by atoms with E-state index in [0.29, 0.717) is 22.4 Å². The maximum Gasteiger partial charge on any atom is 0.146 e. The van der Waals surface area contributed by atoms with Gasteiger partial charge in [-0.15, -0.1) is 0 Å². The van der Waals surface area contributed by atoms with Gasteiger partial charge in [-0.05, 0) is 45.0 Å². The first kappa shape index (κ1) is 16.2. The quantitative estimate of drug-likeness (QED) is 0.834. The number of ether oxygens (including phenoxy) is 1. The second-order valence-corrected chi connectivity index (χ2v) is 6.74. The summed E-state index contributed by atoms with van der Waals surface area (Å²) < 4.78 is 11.2. The molecule has 0 saturated carbocycles. The Morgan fingerprint density at radius 2 is 1.81 bits per heavy atom. The molecule has 21 heavy (non-hydrogen) atoms. The van der Waals surface area contributed by atoms with Gasteiger partial charge in [0.05, 0.1) is 6.26 Å². The van der Waals surface area contributed by atoms with E-state index >= 15 is 0 Å². The molecular formula is C16H19Cl2NO2. The van der Waals surface area contributed by atoms with Crippen LogP contribution in [-0.2, 0) is 13.2 Å². The Labute approximate surface area is 135 Å². The van der Waals surface area contributed by atoms with E-state index in [-0.39, 0.29) is 5.54 Å². The Morgan fingerprint density at radius 1 is 1.14 bits per heavy atom. The van der Waals surface area contributed by atoms with Crippen molar-refractivity contribution < 1.29 is 9.15 Å². The Balaban J connectivity index is 1.99. The van der Waals surface area contributed by atoms with E-state index in [1.165, 1.54) is 0 Å². The molecule has 2 rings (SSSR count). The summed E-state index contributed by atoms with van der Waals surface area (Å²) in [6, 6.07) is 7.07. The first-order chi connectivity index (χ1) is 9.83. The fourth-order valence-electron chi connectivity index (χ4n) is 1.77. The van der Waals surface area contributed by atoms with E-state index in [9.17, 15) is 0 Å². The number of halogens is 2. The molecule has 5 heteroatoms. The van der Waals surface area contributed by atoms with Gasteiger partial charge in [-0.25, -0.2) is 0 Å². The molecular weight excluding hydrogens is 309 g/mol. The Hall–Kier alpha value is -1.16. The lowest BCUT2D eigenvalue weighted by Crippen LogP contribution is -2.35. The van der Waals surface area contributed by atoms with Gasteiger partial charge in [-0.2, -0.15) is 0 Å². The molecule has 0 unspecified atom stereocenters. The lowest BCUT2D eigenvalue weighted by atomic mass is 10.1. The van der Waals surface area contributed by atoms with Gasteiger partial charge in [0.1, 0.15) is 18.1 Å². The molecule has 1 aromatic carbocycles. The van der Waals surface area contributed by atoms with Crippen LogP contribution in [0.3, 0.4) is 0 Å². The Kier molecular flexibility index (Phi) is 5.20. The van der Waals surface area contributed by atoms with Gasteiger partial charge in [-0.3, -0.25) is 0 Å². The molecule has 0 fully saturated rings. The molecule has 0 spiro atoms. The number of benzene rings is 1. The summed E-state index contributed by atoms with van der Waals surface area (Å²) in [5.74, 6) is 1.42. The van der Waals surface area contributed by atoms with Gasteiger partial charge >= 0.3 is 0 Å². The Bertz CT molecular complexity index is 582. The number of hydrogen-bond acceptors (Lipinski definition) is 3. The van der Waals surface area contributed by atoms with Crippen LogP contribution in [0.4, 0.5) is 0 Å². The molecule has 1 aromatic heterocycles. The third-order valence-electron chi connectivity index (χ3n) is 2.85. The fraction of sp³-hybridized carbons (Fsp3) is 0.375. The summed E-state index contributed by atoms with van der Waals surface area (Å²) in [5.41, 5.74) is 1.13. The molecule has 2 aromatic rings. The summed E-state index contributed by atoms with van der Waals surface area (Å²) in [4.78, 5) is 0. The zero-order valence-corrected chi connectivity index (χ0v) is 13.9.